The maximum absolute atomic E-state index is 12.5. The predicted octanol–water partition coefficient (Wildman–Crippen LogP) is 3.76. The number of halogens is 2. The number of aromatic nitrogens is 2. The van der Waals surface area contributed by atoms with Gasteiger partial charge in [0.05, 0.1) is 24.1 Å². The summed E-state index contributed by atoms with van der Waals surface area (Å²) < 4.78 is 6.64. The zero-order valence-corrected chi connectivity index (χ0v) is 15.7. The third kappa shape index (κ3) is 3.77. The summed E-state index contributed by atoms with van der Waals surface area (Å²) >= 11 is 12.0. The molecule has 3 aromatic rings. The number of furan rings is 1. The van der Waals surface area contributed by atoms with Crippen LogP contribution in [0.5, 0.6) is 0 Å². The van der Waals surface area contributed by atoms with E-state index in [2.05, 4.69) is 10.4 Å². The molecule has 0 amide bonds. The van der Waals surface area contributed by atoms with Crippen molar-refractivity contribution < 1.29 is 9.52 Å². The number of hydrogen-bond acceptors (Lipinski definition) is 5. The van der Waals surface area contributed by atoms with E-state index in [0.29, 0.717) is 27.9 Å². The molecule has 8 heteroatoms. The predicted molar refractivity (Wildman–Crippen MR) is 101 cm³/mol. The van der Waals surface area contributed by atoms with Gasteiger partial charge in [0.25, 0.3) is 5.56 Å². The van der Waals surface area contributed by atoms with Gasteiger partial charge in [0, 0.05) is 5.02 Å². The van der Waals surface area contributed by atoms with Crippen molar-refractivity contribution in [3.63, 3.8) is 0 Å². The van der Waals surface area contributed by atoms with Crippen LogP contribution < -0.4 is 10.9 Å². The second-order valence-corrected chi connectivity index (χ2v) is 6.92. The molecule has 1 atom stereocenters. The van der Waals surface area contributed by atoms with E-state index >= 15 is 0 Å². The molecule has 3 rings (SSSR count). The molecule has 0 bridgehead atoms. The van der Waals surface area contributed by atoms with Gasteiger partial charge in [0.15, 0.2) is 0 Å². The third-order valence-corrected chi connectivity index (χ3v) is 4.50. The van der Waals surface area contributed by atoms with Gasteiger partial charge in [-0.2, -0.15) is 9.78 Å². The minimum atomic E-state index is -1.28. The van der Waals surface area contributed by atoms with Crippen LogP contribution in [0.3, 0.4) is 0 Å². The minimum absolute atomic E-state index is 0.0265. The van der Waals surface area contributed by atoms with Crippen LogP contribution in [0, 0.1) is 6.92 Å². The smallest absolute Gasteiger partial charge is 0.292 e. The van der Waals surface area contributed by atoms with E-state index in [0.717, 1.165) is 0 Å². The molecule has 2 aromatic heterocycles. The monoisotopic (exact) mass is 393 g/mol. The van der Waals surface area contributed by atoms with E-state index in [1.807, 2.05) is 0 Å². The highest BCUT2D eigenvalue weighted by molar-refractivity contribution is 6.33. The number of nitrogens with one attached hydrogen (secondary N) is 1. The number of anilines is 1. The Bertz CT molecular complexity index is 978. The molecule has 0 aliphatic heterocycles. The number of nitrogens with zero attached hydrogens (tertiary/aromatic N) is 2. The van der Waals surface area contributed by atoms with Gasteiger partial charge in [0.1, 0.15) is 22.1 Å². The van der Waals surface area contributed by atoms with E-state index in [4.69, 9.17) is 27.6 Å². The lowest BCUT2D eigenvalue weighted by molar-refractivity contribution is 0.0468. The molecule has 1 unspecified atom stereocenters. The van der Waals surface area contributed by atoms with Crippen LogP contribution in [0.1, 0.15) is 18.4 Å². The first-order chi connectivity index (χ1) is 12.3. The summed E-state index contributed by atoms with van der Waals surface area (Å²) in [5.41, 5.74) is -0.883. The van der Waals surface area contributed by atoms with Crippen LogP contribution in [0.25, 0.3) is 5.69 Å². The van der Waals surface area contributed by atoms with Crippen LogP contribution in [0.4, 0.5) is 5.69 Å². The van der Waals surface area contributed by atoms with Gasteiger partial charge in [-0.1, -0.05) is 23.2 Å². The fourth-order valence-electron chi connectivity index (χ4n) is 2.40. The summed E-state index contributed by atoms with van der Waals surface area (Å²) in [6.45, 7) is 3.49. The fourth-order valence-corrected chi connectivity index (χ4v) is 2.72. The molecule has 0 spiro atoms. The first-order valence-corrected chi connectivity index (χ1v) is 8.60. The summed E-state index contributed by atoms with van der Waals surface area (Å²) in [5.74, 6) is 1.12. The highest BCUT2D eigenvalue weighted by atomic mass is 35.5. The van der Waals surface area contributed by atoms with Gasteiger partial charge in [-0.3, -0.25) is 4.79 Å². The lowest BCUT2D eigenvalue weighted by Gasteiger charge is -2.22. The first-order valence-electron chi connectivity index (χ1n) is 7.85. The normalized spacial score (nSPS) is 13.4. The largest absolute Gasteiger partial charge is 0.463 e. The van der Waals surface area contributed by atoms with Gasteiger partial charge in [-0.25, -0.2) is 0 Å². The van der Waals surface area contributed by atoms with Crippen LogP contribution in [-0.2, 0) is 5.60 Å². The average Bonchev–Trinajstić information content (AvgIpc) is 3.05. The highest BCUT2D eigenvalue weighted by Gasteiger charge is 2.27. The number of benzene rings is 1. The van der Waals surface area contributed by atoms with E-state index in [9.17, 15) is 9.90 Å². The van der Waals surface area contributed by atoms with Gasteiger partial charge < -0.3 is 14.8 Å². The SMILES string of the molecule is Cc1ccc(C(C)(O)CNc2cnn(-c3ccc(Cl)cc3)c(=O)c2Cl)o1. The average molecular weight is 394 g/mol. The molecule has 0 aliphatic rings. The Morgan fingerprint density at radius 2 is 1.92 bits per heavy atom. The Morgan fingerprint density at radius 1 is 1.23 bits per heavy atom. The first kappa shape index (κ1) is 18.5. The molecule has 0 saturated heterocycles. The Morgan fingerprint density at radius 3 is 2.54 bits per heavy atom. The zero-order chi connectivity index (χ0) is 18.9. The molecular weight excluding hydrogens is 377 g/mol. The Balaban J connectivity index is 1.82. The van der Waals surface area contributed by atoms with Crippen molar-refractivity contribution in [2.45, 2.75) is 19.4 Å². The minimum Gasteiger partial charge on any atom is -0.463 e. The van der Waals surface area contributed by atoms with Crippen molar-refractivity contribution >= 4 is 28.9 Å². The molecular formula is C18H17Cl2N3O3. The van der Waals surface area contributed by atoms with E-state index in [-0.39, 0.29) is 11.6 Å². The zero-order valence-electron chi connectivity index (χ0n) is 14.2. The number of rotatable bonds is 5. The maximum Gasteiger partial charge on any atom is 0.292 e. The molecule has 136 valence electrons. The van der Waals surface area contributed by atoms with Crippen molar-refractivity contribution in [1.82, 2.24) is 9.78 Å². The molecule has 0 fully saturated rings. The Hall–Kier alpha value is -2.28. The highest BCUT2D eigenvalue weighted by Crippen LogP contribution is 2.25. The van der Waals surface area contributed by atoms with Crippen molar-refractivity contribution in [3.05, 3.63) is 74.5 Å². The summed E-state index contributed by atoms with van der Waals surface area (Å²) in [7, 11) is 0. The molecule has 0 aliphatic carbocycles. The van der Waals surface area contributed by atoms with Gasteiger partial charge in [0.2, 0.25) is 0 Å². The topological polar surface area (TPSA) is 80.3 Å². The van der Waals surface area contributed by atoms with Gasteiger partial charge in [-0.15, -0.1) is 0 Å². The van der Waals surface area contributed by atoms with Crippen molar-refractivity contribution in [1.29, 1.82) is 0 Å². The summed E-state index contributed by atoms with van der Waals surface area (Å²) in [5, 5.41) is 18.2. The molecule has 6 nitrogen and oxygen atoms in total. The van der Waals surface area contributed by atoms with Crippen molar-refractivity contribution in [2.75, 3.05) is 11.9 Å². The van der Waals surface area contributed by atoms with Crippen molar-refractivity contribution in [2.24, 2.45) is 0 Å². The van der Waals surface area contributed by atoms with Crippen molar-refractivity contribution in [3.8, 4) is 5.69 Å². The Labute approximate surface area is 160 Å². The maximum atomic E-state index is 12.5. The quantitative estimate of drug-likeness (QED) is 0.689. The summed E-state index contributed by atoms with van der Waals surface area (Å²) in [6.07, 6.45) is 1.43. The molecule has 0 saturated carbocycles. The van der Waals surface area contributed by atoms with Gasteiger partial charge >= 0.3 is 0 Å². The van der Waals surface area contributed by atoms with Crippen LogP contribution in [0.2, 0.25) is 10.0 Å². The lowest BCUT2D eigenvalue weighted by atomic mass is 10.0. The van der Waals surface area contributed by atoms with E-state index < -0.39 is 11.2 Å². The van der Waals surface area contributed by atoms with Crippen LogP contribution in [-0.4, -0.2) is 21.4 Å². The molecule has 1 aromatic carbocycles. The number of aliphatic hydroxyl groups is 1. The standard InChI is InChI=1S/C18H17Cl2N3O3/c1-11-3-8-15(26-11)18(2,25)10-21-14-9-22-23(17(24)16(14)20)13-6-4-12(19)5-7-13/h3-9,21,25H,10H2,1-2H3. The summed E-state index contributed by atoms with van der Waals surface area (Å²) in [4.78, 5) is 12.5. The van der Waals surface area contributed by atoms with E-state index in [1.165, 1.54) is 10.9 Å². The second kappa shape index (κ2) is 7.15. The summed E-state index contributed by atoms with van der Waals surface area (Å²) in [6, 6.07) is 10.1. The number of aryl methyl sites for hydroxylation is 1. The Kier molecular flexibility index (Phi) is 5.09. The second-order valence-electron chi connectivity index (χ2n) is 6.10. The molecule has 26 heavy (non-hydrogen) atoms. The number of hydrogen-bond donors (Lipinski definition) is 2. The van der Waals surface area contributed by atoms with E-state index in [1.54, 1.807) is 50.2 Å². The molecule has 0 radical (unpaired) electrons. The van der Waals surface area contributed by atoms with Gasteiger partial charge in [-0.05, 0) is 50.2 Å². The third-order valence-electron chi connectivity index (χ3n) is 3.88. The molecule has 2 N–H and O–H groups in total. The van der Waals surface area contributed by atoms with Crippen LogP contribution >= 0.6 is 23.2 Å². The van der Waals surface area contributed by atoms with Crippen LogP contribution in [0.15, 0.2) is 51.8 Å². The lowest BCUT2D eigenvalue weighted by Crippen LogP contribution is -2.31. The fraction of sp³-hybridized carbons (Fsp3) is 0.222. The molecule has 2 heterocycles.